The Hall–Kier alpha value is -2.17. The molecule has 1 aliphatic rings. The lowest BCUT2D eigenvalue weighted by Gasteiger charge is -2.28. The van der Waals surface area contributed by atoms with Gasteiger partial charge in [0.15, 0.2) is 0 Å². The summed E-state index contributed by atoms with van der Waals surface area (Å²) in [5.74, 6) is -0.819. The van der Waals surface area contributed by atoms with E-state index < -0.39 is 12.0 Å². The van der Waals surface area contributed by atoms with Crippen LogP contribution in [0.25, 0.3) is 0 Å². The molecule has 0 spiro atoms. The SMILES string of the molecule is O=CC1CN(C(=O)OCc2ccccc2)CCC1=O. The van der Waals surface area contributed by atoms with Crippen molar-refractivity contribution in [1.82, 2.24) is 4.90 Å². The third kappa shape index (κ3) is 3.40. The molecule has 0 aromatic heterocycles. The summed E-state index contributed by atoms with van der Waals surface area (Å²) in [6, 6.07) is 9.34. The highest BCUT2D eigenvalue weighted by atomic mass is 16.6. The van der Waals surface area contributed by atoms with Gasteiger partial charge in [-0.25, -0.2) is 4.79 Å². The summed E-state index contributed by atoms with van der Waals surface area (Å²) < 4.78 is 5.16. The Bertz CT molecular complexity index is 472. The molecule has 5 nitrogen and oxygen atoms in total. The molecule has 1 fully saturated rings. The molecule has 1 atom stereocenters. The number of likely N-dealkylation sites (tertiary alicyclic amines) is 1. The van der Waals surface area contributed by atoms with Gasteiger partial charge in [0.1, 0.15) is 18.7 Å². The number of ether oxygens (including phenoxy) is 1. The smallest absolute Gasteiger partial charge is 0.410 e. The zero-order valence-electron chi connectivity index (χ0n) is 10.5. The first-order chi connectivity index (χ1) is 9.20. The van der Waals surface area contributed by atoms with Gasteiger partial charge in [-0.15, -0.1) is 0 Å². The Morgan fingerprint density at radius 2 is 2.11 bits per heavy atom. The quantitative estimate of drug-likeness (QED) is 0.609. The van der Waals surface area contributed by atoms with Crippen LogP contribution in [0.15, 0.2) is 30.3 Å². The van der Waals surface area contributed by atoms with Crippen molar-refractivity contribution in [2.75, 3.05) is 13.1 Å². The summed E-state index contributed by atoms with van der Waals surface area (Å²) in [6.45, 7) is 0.628. The number of ketones is 1. The number of hydrogen-bond donors (Lipinski definition) is 0. The lowest BCUT2D eigenvalue weighted by molar-refractivity contribution is -0.130. The minimum atomic E-state index is -0.710. The van der Waals surface area contributed by atoms with Crippen LogP contribution in [0.1, 0.15) is 12.0 Å². The van der Waals surface area contributed by atoms with E-state index in [1.165, 1.54) is 4.90 Å². The van der Waals surface area contributed by atoms with Crippen LogP contribution in [-0.4, -0.2) is 36.2 Å². The van der Waals surface area contributed by atoms with Gasteiger partial charge in [-0.1, -0.05) is 30.3 Å². The first kappa shape index (κ1) is 13.3. The van der Waals surface area contributed by atoms with Crippen molar-refractivity contribution in [3.63, 3.8) is 0 Å². The van der Waals surface area contributed by atoms with E-state index in [-0.39, 0.29) is 25.4 Å². The normalized spacial score (nSPS) is 19.1. The van der Waals surface area contributed by atoms with Gasteiger partial charge in [-0.3, -0.25) is 4.79 Å². The topological polar surface area (TPSA) is 63.7 Å². The van der Waals surface area contributed by atoms with Gasteiger partial charge in [0, 0.05) is 19.5 Å². The maximum absolute atomic E-state index is 11.8. The molecule has 1 aromatic carbocycles. The largest absolute Gasteiger partial charge is 0.445 e. The Morgan fingerprint density at radius 1 is 1.37 bits per heavy atom. The van der Waals surface area contributed by atoms with Gasteiger partial charge in [-0.2, -0.15) is 0 Å². The van der Waals surface area contributed by atoms with Crippen molar-refractivity contribution < 1.29 is 19.1 Å². The zero-order valence-corrected chi connectivity index (χ0v) is 10.5. The third-order valence-corrected chi connectivity index (χ3v) is 3.09. The first-order valence-corrected chi connectivity index (χ1v) is 6.14. The van der Waals surface area contributed by atoms with Crippen molar-refractivity contribution in [1.29, 1.82) is 0 Å². The number of hydrogen-bond acceptors (Lipinski definition) is 4. The second kappa shape index (κ2) is 6.13. The highest BCUT2D eigenvalue weighted by molar-refractivity contribution is 5.95. The average molecular weight is 261 g/mol. The molecular formula is C14H15NO4. The molecule has 2 rings (SSSR count). The summed E-state index contributed by atoms with van der Waals surface area (Å²) in [6.07, 6.45) is 0.325. The molecule has 100 valence electrons. The van der Waals surface area contributed by atoms with Crippen LogP contribution in [0.5, 0.6) is 0 Å². The van der Waals surface area contributed by atoms with Crippen LogP contribution >= 0.6 is 0 Å². The van der Waals surface area contributed by atoms with E-state index in [1.807, 2.05) is 30.3 Å². The van der Waals surface area contributed by atoms with E-state index in [4.69, 9.17) is 4.74 Å². The molecule has 5 heteroatoms. The Balaban J connectivity index is 1.86. The second-order valence-electron chi connectivity index (χ2n) is 4.45. The molecule has 0 N–H and O–H groups in total. The Kier molecular flexibility index (Phi) is 4.28. The van der Waals surface area contributed by atoms with E-state index >= 15 is 0 Å². The third-order valence-electron chi connectivity index (χ3n) is 3.09. The van der Waals surface area contributed by atoms with Gasteiger partial charge >= 0.3 is 6.09 Å². The first-order valence-electron chi connectivity index (χ1n) is 6.14. The molecule has 0 radical (unpaired) electrons. The van der Waals surface area contributed by atoms with E-state index in [9.17, 15) is 14.4 Å². The second-order valence-corrected chi connectivity index (χ2v) is 4.45. The molecule has 1 heterocycles. The molecule has 1 aliphatic heterocycles. The van der Waals surface area contributed by atoms with Crippen molar-refractivity contribution in [3.8, 4) is 0 Å². The minimum absolute atomic E-state index is 0.109. The predicted octanol–water partition coefficient (Wildman–Crippen LogP) is 1.41. The highest BCUT2D eigenvalue weighted by Gasteiger charge is 2.30. The molecule has 1 saturated heterocycles. The molecule has 0 aliphatic carbocycles. The molecule has 1 amide bonds. The summed E-state index contributed by atoms with van der Waals surface area (Å²) in [5.41, 5.74) is 0.899. The van der Waals surface area contributed by atoms with E-state index in [1.54, 1.807) is 0 Å². The molecule has 0 bridgehead atoms. The van der Waals surface area contributed by atoms with Gasteiger partial charge in [0.2, 0.25) is 0 Å². The van der Waals surface area contributed by atoms with Crippen molar-refractivity contribution >= 4 is 18.2 Å². The number of amides is 1. The summed E-state index contributed by atoms with van der Waals surface area (Å²) >= 11 is 0. The maximum atomic E-state index is 11.8. The van der Waals surface area contributed by atoms with Gasteiger partial charge < -0.3 is 14.4 Å². The molecule has 1 unspecified atom stereocenters. The average Bonchev–Trinajstić information content (AvgIpc) is 2.46. The van der Waals surface area contributed by atoms with Gasteiger partial charge in [-0.05, 0) is 5.56 Å². The highest BCUT2D eigenvalue weighted by Crippen LogP contribution is 2.13. The van der Waals surface area contributed by atoms with Crippen LogP contribution in [0.3, 0.4) is 0 Å². The standard InChI is InChI=1S/C14H15NO4/c16-9-12-8-15(7-6-13(12)17)14(18)19-10-11-4-2-1-3-5-11/h1-5,9,12H,6-8,10H2. The molecular weight excluding hydrogens is 246 g/mol. The van der Waals surface area contributed by atoms with Crippen LogP contribution in [0, 0.1) is 5.92 Å². The summed E-state index contributed by atoms with van der Waals surface area (Å²) in [5, 5.41) is 0. The lowest BCUT2D eigenvalue weighted by Crippen LogP contribution is -2.44. The number of carbonyl (C=O) groups is 3. The maximum Gasteiger partial charge on any atom is 0.410 e. The van der Waals surface area contributed by atoms with Crippen LogP contribution < -0.4 is 0 Å². The number of nitrogens with zero attached hydrogens (tertiary/aromatic N) is 1. The van der Waals surface area contributed by atoms with Crippen LogP contribution in [0.2, 0.25) is 0 Å². The van der Waals surface area contributed by atoms with E-state index in [0.29, 0.717) is 12.8 Å². The Labute approximate surface area is 111 Å². The number of rotatable bonds is 3. The number of aldehydes is 1. The fourth-order valence-corrected chi connectivity index (χ4v) is 1.96. The lowest BCUT2D eigenvalue weighted by atomic mass is 9.98. The minimum Gasteiger partial charge on any atom is -0.445 e. The monoisotopic (exact) mass is 261 g/mol. The Morgan fingerprint density at radius 3 is 2.79 bits per heavy atom. The van der Waals surface area contributed by atoms with Crippen LogP contribution in [0.4, 0.5) is 4.79 Å². The van der Waals surface area contributed by atoms with Crippen molar-refractivity contribution in [3.05, 3.63) is 35.9 Å². The zero-order chi connectivity index (χ0) is 13.7. The van der Waals surface area contributed by atoms with E-state index in [0.717, 1.165) is 5.56 Å². The molecule has 19 heavy (non-hydrogen) atoms. The number of Topliss-reactive ketones (excluding diaryl/α,β-unsaturated/α-hetero) is 1. The number of piperidine rings is 1. The van der Waals surface area contributed by atoms with Gasteiger partial charge in [0.05, 0.1) is 5.92 Å². The van der Waals surface area contributed by atoms with E-state index in [2.05, 4.69) is 0 Å². The summed E-state index contributed by atoms with van der Waals surface area (Å²) in [4.78, 5) is 35.3. The number of carbonyl (C=O) groups excluding carboxylic acids is 3. The fraction of sp³-hybridized carbons (Fsp3) is 0.357. The molecule has 0 saturated carbocycles. The molecule has 1 aromatic rings. The van der Waals surface area contributed by atoms with Crippen molar-refractivity contribution in [2.24, 2.45) is 5.92 Å². The van der Waals surface area contributed by atoms with Crippen molar-refractivity contribution in [2.45, 2.75) is 13.0 Å². The number of benzene rings is 1. The predicted molar refractivity (Wildman–Crippen MR) is 67.4 cm³/mol. The summed E-state index contributed by atoms with van der Waals surface area (Å²) in [7, 11) is 0. The van der Waals surface area contributed by atoms with Gasteiger partial charge in [0.25, 0.3) is 0 Å². The van der Waals surface area contributed by atoms with Crippen LogP contribution in [-0.2, 0) is 20.9 Å². The fourth-order valence-electron chi connectivity index (χ4n) is 1.96.